The van der Waals surface area contributed by atoms with Crippen LogP contribution in [0.25, 0.3) is 11.3 Å². The Morgan fingerprint density at radius 1 is 0.857 bits per heavy atom. The molecule has 1 aromatic heterocycles. The number of hydrogen-bond acceptors (Lipinski definition) is 9. The number of allylic oxidation sites excluding steroid dienone is 2. The second kappa shape index (κ2) is 24.9. The molecule has 1 aliphatic carbocycles. The van der Waals surface area contributed by atoms with Crippen molar-refractivity contribution >= 4 is 52.7 Å². The Balaban J connectivity index is 1.36. The second-order valence-electron chi connectivity index (χ2n) is 18.8. The smallest absolute Gasteiger partial charge is 0.247 e. The highest BCUT2D eigenvalue weighted by Gasteiger charge is 2.39. The summed E-state index contributed by atoms with van der Waals surface area (Å²) in [5, 5.41) is 7.05. The van der Waals surface area contributed by atoms with Gasteiger partial charge in [0, 0.05) is 74.4 Å². The summed E-state index contributed by atoms with van der Waals surface area (Å²) in [4.78, 5) is 84.1. The van der Waals surface area contributed by atoms with E-state index in [-0.39, 0.29) is 56.3 Å². The number of carbonyl (C=O) groups is 5. The molecule has 4 aromatic rings. The molecule has 0 bridgehead atoms. The third-order valence-corrected chi connectivity index (χ3v) is 13.9. The Hall–Kier alpha value is -5.74. The molecule has 2 heterocycles. The fraction of sp³-hybridized carbons (Fsp3) is 0.472. The lowest BCUT2D eigenvalue weighted by Crippen LogP contribution is -2.58. The number of ether oxygens (including phenoxy) is 2. The van der Waals surface area contributed by atoms with Crippen LogP contribution in [0, 0.1) is 5.92 Å². The molecular formula is C53H68Cl2N8O7. The topological polar surface area (TPSA) is 159 Å². The van der Waals surface area contributed by atoms with Crippen molar-refractivity contribution in [2.75, 3.05) is 41.9 Å². The highest BCUT2D eigenvalue weighted by molar-refractivity contribution is 6.31. The van der Waals surface area contributed by atoms with Gasteiger partial charge >= 0.3 is 0 Å². The van der Waals surface area contributed by atoms with Crippen molar-refractivity contribution < 1.29 is 33.4 Å². The van der Waals surface area contributed by atoms with Crippen molar-refractivity contribution in [1.82, 2.24) is 39.8 Å². The zero-order valence-electron chi connectivity index (χ0n) is 41.6. The molecule has 376 valence electrons. The van der Waals surface area contributed by atoms with Crippen LogP contribution in [0.1, 0.15) is 75.7 Å². The van der Waals surface area contributed by atoms with Gasteiger partial charge in [-0.05, 0) is 108 Å². The molecule has 2 aliphatic rings. The highest BCUT2D eigenvalue weighted by Crippen LogP contribution is 2.33. The normalized spacial score (nSPS) is 22.5. The van der Waals surface area contributed by atoms with E-state index in [0.717, 1.165) is 35.5 Å². The summed E-state index contributed by atoms with van der Waals surface area (Å²) in [6.45, 7) is 3.85. The van der Waals surface area contributed by atoms with E-state index in [2.05, 4.69) is 25.1 Å². The highest BCUT2D eigenvalue weighted by atomic mass is 35.5. The molecule has 1 saturated carbocycles. The number of fused-ring (bicyclic) bond motifs is 1. The average molecular weight is 1000 g/mol. The lowest BCUT2D eigenvalue weighted by atomic mass is 9.87. The molecule has 70 heavy (non-hydrogen) atoms. The number of amides is 5. The minimum atomic E-state index is -1.18. The summed E-state index contributed by atoms with van der Waals surface area (Å²) < 4.78 is 14.0. The fourth-order valence-corrected chi connectivity index (χ4v) is 9.65. The van der Waals surface area contributed by atoms with Gasteiger partial charge in [-0.15, -0.1) is 0 Å². The Morgan fingerprint density at radius 2 is 1.56 bits per heavy atom. The number of likely N-dealkylation sites (N-methyl/N-ethyl adjacent to an activating group) is 2. The molecule has 0 unspecified atom stereocenters. The largest absolute Gasteiger partial charge is 0.457 e. The van der Waals surface area contributed by atoms with Crippen molar-refractivity contribution in [2.45, 2.75) is 109 Å². The van der Waals surface area contributed by atoms with Gasteiger partial charge in [0.1, 0.15) is 29.4 Å². The first-order valence-corrected chi connectivity index (χ1v) is 24.7. The first kappa shape index (κ1) is 53.6. The Morgan fingerprint density at radius 3 is 2.24 bits per heavy atom. The van der Waals surface area contributed by atoms with Crippen LogP contribution in [0.3, 0.4) is 0 Å². The molecular weight excluding hydrogens is 932 g/mol. The summed E-state index contributed by atoms with van der Waals surface area (Å²) in [6, 6.07) is 16.2. The van der Waals surface area contributed by atoms with E-state index in [1.54, 1.807) is 56.3 Å². The zero-order valence-corrected chi connectivity index (χ0v) is 43.1. The summed E-state index contributed by atoms with van der Waals surface area (Å²) in [7, 11) is 10.8. The number of hydrogen-bond donors (Lipinski definition) is 2. The quantitative estimate of drug-likeness (QED) is 0.130. The molecule has 2 N–H and O–H groups in total. The van der Waals surface area contributed by atoms with Crippen LogP contribution in [-0.4, -0.2) is 131 Å². The van der Waals surface area contributed by atoms with Crippen molar-refractivity contribution in [3.63, 3.8) is 0 Å². The van der Waals surface area contributed by atoms with Crippen molar-refractivity contribution in [3.05, 3.63) is 112 Å². The van der Waals surface area contributed by atoms with E-state index in [0.29, 0.717) is 52.9 Å². The summed E-state index contributed by atoms with van der Waals surface area (Å²) in [5.74, 6) is -1.05. The predicted molar refractivity (Wildman–Crippen MR) is 272 cm³/mol. The average Bonchev–Trinajstić information content (AvgIpc) is 3.69. The Kier molecular flexibility index (Phi) is 19.1. The summed E-state index contributed by atoms with van der Waals surface area (Å²) >= 11 is 12.8. The number of aromatic nitrogens is 2. The van der Waals surface area contributed by atoms with E-state index in [9.17, 15) is 24.0 Å². The molecule has 17 heteroatoms. The number of imidazole rings is 1. The van der Waals surface area contributed by atoms with E-state index >= 15 is 0 Å². The molecule has 6 atom stereocenters. The molecule has 0 radical (unpaired) electrons. The van der Waals surface area contributed by atoms with Gasteiger partial charge in [-0.25, -0.2) is 4.98 Å². The molecule has 1 aliphatic heterocycles. The number of nitrogens with one attached hydrogen (secondary N) is 2. The lowest BCUT2D eigenvalue weighted by molar-refractivity contribution is -0.147. The lowest BCUT2D eigenvalue weighted by Gasteiger charge is -2.40. The molecule has 15 nitrogen and oxygen atoms in total. The minimum absolute atomic E-state index is 0.0417. The second-order valence-corrected chi connectivity index (χ2v) is 19.6. The number of nitrogens with zero attached hydrogens (tertiary/aromatic N) is 6. The van der Waals surface area contributed by atoms with Crippen molar-refractivity contribution in [1.29, 1.82) is 0 Å². The minimum Gasteiger partial charge on any atom is -0.457 e. The van der Waals surface area contributed by atoms with Crippen LogP contribution in [0.5, 0.6) is 11.5 Å². The first-order chi connectivity index (χ1) is 33.5. The Labute approximate surface area is 422 Å². The maximum absolute atomic E-state index is 15.0. The number of halogens is 2. The molecule has 6 rings (SSSR count). The van der Waals surface area contributed by atoms with Gasteiger partial charge in [0.2, 0.25) is 29.5 Å². The van der Waals surface area contributed by atoms with Crippen LogP contribution in [0.15, 0.2) is 85.1 Å². The van der Waals surface area contributed by atoms with E-state index in [4.69, 9.17) is 32.7 Å². The van der Waals surface area contributed by atoms with Gasteiger partial charge in [0.05, 0.1) is 43.5 Å². The van der Waals surface area contributed by atoms with Gasteiger partial charge < -0.3 is 44.3 Å². The molecule has 3 aromatic carbocycles. The maximum atomic E-state index is 15.0. The van der Waals surface area contributed by atoms with Gasteiger partial charge in [0.15, 0.2) is 0 Å². The third kappa shape index (κ3) is 13.8. The number of methoxy groups -OCH3 is 1. The fourth-order valence-electron chi connectivity index (χ4n) is 9.36. The SMILES string of the molecule is CC=CC[C@@H]1CC(=O)N(Cc2ccc(Cl)cc2Oc2ccc(-c3cnc(CN(C)C)n3C)cc2)[C@@H](C)C(=O)N[C@@H](COC)C(=O)N(C)[C@@H](Cc2ccc(Cl)cc2)CC(=O)N[C@H]2CCCC[C@@H]2N(C)C1=O. The van der Waals surface area contributed by atoms with Gasteiger partial charge in [-0.2, -0.15) is 0 Å². The van der Waals surface area contributed by atoms with E-state index in [1.807, 2.05) is 82.8 Å². The number of benzene rings is 3. The summed E-state index contributed by atoms with van der Waals surface area (Å²) in [6.07, 6.45) is 8.93. The van der Waals surface area contributed by atoms with E-state index < -0.39 is 41.8 Å². The predicted octanol–water partition coefficient (Wildman–Crippen LogP) is 7.43. The van der Waals surface area contributed by atoms with Crippen LogP contribution >= 0.6 is 23.2 Å². The van der Waals surface area contributed by atoms with Crippen LogP contribution < -0.4 is 15.4 Å². The zero-order chi connectivity index (χ0) is 50.6. The van der Waals surface area contributed by atoms with Crippen LogP contribution in [-0.2, 0) is 55.3 Å². The van der Waals surface area contributed by atoms with Gasteiger partial charge in [-0.3, -0.25) is 24.0 Å². The standard InChI is InChI=1S/C53H68Cl2N8O7/c1-9-10-13-37-27-50(65)63(31-38-18-23-40(55)28-47(38)70-42-24-19-36(20-25-42)46-30-56-48(61(46)6)32-59(3)4)34(2)51(66)58-44(33-69-8)53(68)60(5)41(26-35-16-21-39(54)22-17-35)29-49(64)57-43-14-11-12-15-45(43)62(7)52(37)67/h9-10,16-25,28,30,34,37,41,43-45H,11-15,26-27,29,31-33H2,1-8H3,(H,57,64)(H,58,66)/t34-,37+,41-,43-,44-,45-/m0/s1. The maximum Gasteiger partial charge on any atom is 0.247 e. The molecule has 1 saturated heterocycles. The Bertz CT molecular complexity index is 2480. The number of carbonyl (C=O) groups excluding carboxylic acids is 5. The van der Waals surface area contributed by atoms with Gasteiger partial charge in [0.25, 0.3) is 0 Å². The van der Waals surface area contributed by atoms with Crippen molar-refractivity contribution in [3.8, 4) is 22.8 Å². The van der Waals surface area contributed by atoms with Gasteiger partial charge in [-0.1, -0.05) is 66.4 Å². The molecule has 2 fully saturated rings. The van der Waals surface area contributed by atoms with Crippen LogP contribution in [0.4, 0.5) is 0 Å². The first-order valence-electron chi connectivity index (χ1n) is 24.0. The van der Waals surface area contributed by atoms with E-state index in [1.165, 1.54) is 16.9 Å². The van der Waals surface area contributed by atoms with Crippen LogP contribution in [0.2, 0.25) is 10.0 Å². The molecule has 5 amide bonds. The number of rotatable bonds is 13. The third-order valence-electron chi connectivity index (χ3n) is 13.5. The van der Waals surface area contributed by atoms with Crippen molar-refractivity contribution in [2.24, 2.45) is 13.0 Å². The molecule has 0 spiro atoms. The summed E-state index contributed by atoms with van der Waals surface area (Å²) in [5.41, 5.74) is 3.29. The monoisotopic (exact) mass is 998 g/mol.